The van der Waals surface area contributed by atoms with Crippen LogP contribution < -0.4 is 11.1 Å². The molecular formula is C8H14N4O. The fourth-order valence-electron chi connectivity index (χ4n) is 1.03. The van der Waals surface area contributed by atoms with Gasteiger partial charge in [-0.05, 0) is 6.42 Å². The molecule has 0 saturated heterocycles. The predicted molar refractivity (Wildman–Crippen MR) is 50.2 cm³/mol. The first-order valence-corrected chi connectivity index (χ1v) is 4.23. The summed E-state index contributed by atoms with van der Waals surface area (Å²) in [5, 5.41) is 6.62. The molecule has 72 valence electrons. The number of nitrogens with one attached hydrogen (secondary N) is 1. The van der Waals surface area contributed by atoms with Crippen LogP contribution in [0.3, 0.4) is 0 Å². The highest BCUT2D eigenvalue weighted by molar-refractivity contribution is 5.93. The Kier molecular flexibility index (Phi) is 2.89. The fraction of sp³-hybridized carbons (Fsp3) is 0.500. The Bertz CT molecular complexity index is 305. The van der Waals surface area contributed by atoms with Crippen molar-refractivity contribution >= 4 is 11.7 Å². The maximum absolute atomic E-state index is 11.4. The minimum Gasteiger partial charge on any atom is -0.382 e. The van der Waals surface area contributed by atoms with E-state index in [1.54, 1.807) is 13.1 Å². The summed E-state index contributed by atoms with van der Waals surface area (Å²) in [7, 11) is 1.69. The molecular weight excluding hydrogens is 168 g/mol. The van der Waals surface area contributed by atoms with Gasteiger partial charge in [0.1, 0.15) is 11.5 Å². The number of nitrogen functional groups attached to an aromatic ring is 1. The number of hydrogen-bond donors (Lipinski definition) is 2. The minimum absolute atomic E-state index is 0.131. The number of rotatable bonds is 3. The van der Waals surface area contributed by atoms with E-state index >= 15 is 0 Å². The van der Waals surface area contributed by atoms with Crippen LogP contribution >= 0.6 is 0 Å². The maximum Gasteiger partial charge on any atom is 0.269 e. The van der Waals surface area contributed by atoms with Crippen molar-refractivity contribution in [2.75, 3.05) is 12.3 Å². The van der Waals surface area contributed by atoms with Crippen molar-refractivity contribution in [2.24, 2.45) is 7.05 Å². The van der Waals surface area contributed by atoms with Gasteiger partial charge in [-0.2, -0.15) is 5.10 Å². The number of nitrogens with zero attached hydrogens (tertiary/aromatic N) is 2. The van der Waals surface area contributed by atoms with Crippen LogP contribution in [-0.2, 0) is 7.05 Å². The van der Waals surface area contributed by atoms with Crippen LogP contribution in [0.1, 0.15) is 23.8 Å². The minimum atomic E-state index is -0.131. The van der Waals surface area contributed by atoms with Gasteiger partial charge >= 0.3 is 0 Å². The number of carbonyl (C=O) groups excluding carboxylic acids is 1. The highest BCUT2D eigenvalue weighted by Crippen LogP contribution is 2.03. The van der Waals surface area contributed by atoms with E-state index in [9.17, 15) is 4.79 Å². The monoisotopic (exact) mass is 182 g/mol. The lowest BCUT2D eigenvalue weighted by atomic mass is 10.3. The van der Waals surface area contributed by atoms with Crippen LogP contribution in [0.5, 0.6) is 0 Å². The summed E-state index contributed by atoms with van der Waals surface area (Å²) >= 11 is 0. The lowest BCUT2D eigenvalue weighted by Crippen LogP contribution is -2.26. The summed E-state index contributed by atoms with van der Waals surface area (Å²) < 4.78 is 1.47. The first-order chi connectivity index (χ1) is 6.15. The van der Waals surface area contributed by atoms with Crippen molar-refractivity contribution in [3.63, 3.8) is 0 Å². The summed E-state index contributed by atoms with van der Waals surface area (Å²) in [6.07, 6.45) is 0.916. The van der Waals surface area contributed by atoms with Gasteiger partial charge in [-0.3, -0.25) is 9.48 Å². The fourth-order valence-corrected chi connectivity index (χ4v) is 1.03. The third-order valence-corrected chi connectivity index (χ3v) is 1.67. The SMILES string of the molecule is CCCNC(=O)c1cc(N)nn1C. The van der Waals surface area contributed by atoms with Crippen LogP contribution in [0.15, 0.2) is 6.07 Å². The molecule has 0 spiro atoms. The molecule has 1 rings (SSSR count). The van der Waals surface area contributed by atoms with Crippen LogP contribution in [0.4, 0.5) is 5.82 Å². The summed E-state index contributed by atoms with van der Waals surface area (Å²) in [5.74, 6) is 0.234. The largest absolute Gasteiger partial charge is 0.382 e. The molecule has 1 heterocycles. The van der Waals surface area contributed by atoms with Gasteiger partial charge < -0.3 is 11.1 Å². The second-order valence-corrected chi connectivity index (χ2v) is 2.83. The Morgan fingerprint density at radius 1 is 1.77 bits per heavy atom. The molecule has 13 heavy (non-hydrogen) atoms. The van der Waals surface area contributed by atoms with E-state index < -0.39 is 0 Å². The van der Waals surface area contributed by atoms with Crippen molar-refractivity contribution in [1.82, 2.24) is 15.1 Å². The third kappa shape index (κ3) is 2.21. The lowest BCUT2D eigenvalue weighted by Gasteiger charge is -2.02. The van der Waals surface area contributed by atoms with Gasteiger partial charge in [-0.1, -0.05) is 6.92 Å². The molecule has 1 amide bonds. The Hall–Kier alpha value is -1.52. The zero-order valence-corrected chi connectivity index (χ0v) is 7.87. The Morgan fingerprint density at radius 3 is 2.92 bits per heavy atom. The van der Waals surface area contributed by atoms with Crippen LogP contribution in [0.25, 0.3) is 0 Å². The molecule has 3 N–H and O–H groups in total. The maximum atomic E-state index is 11.4. The zero-order chi connectivity index (χ0) is 9.84. The summed E-state index contributed by atoms with van der Waals surface area (Å²) in [5.41, 5.74) is 5.93. The van der Waals surface area contributed by atoms with E-state index in [2.05, 4.69) is 10.4 Å². The first-order valence-electron chi connectivity index (χ1n) is 4.23. The standard InChI is InChI=1S/C8H14N4O/c1-3-4-10-8(13)6-5-7(9)11-12(6)2/h5H,3-4H2,1-2H3,(H2,9,11)(H,10,13). The molecule has 0 bridgehead atoms. The molecule has 0 unspecified atom stereocenters. The molecule has 0 atom stereocenters. The van der Waals surface area contributed by atoms with Gasteiger partial charge in [0.25, 0.3) is 5.91 Å². The van der Waals surface area contributed by atoms with Crippen molar-refractivity contribution in [2.45, 2.75) is 13.3 Å². The van der Waals surface area contributed by atoms with Crippen molar-refractivity contribution in [3.05, 3.63) is 11.8 Å². The summed E-state index contributed by atoms with van der Waals surface area (Å²) in [6, 6.07) is 1.56. The topological polar surface area (TPSA) is 72.9 Å². The predicted octanol–water partition coefficient (Wildman–Crippen LogP) is 0.142. The van der Waals surface area contributed by atoms with Gasteiger partial charge in [0.15, 0.2) is 0 Å². The zero-order valence-electron chi connectivity index (χ0n) is 7.87. The third-order valence-electron chi connectivity index (χ3n) is 1.67. The second kappa shape index (κ2) is 3.93. The highest BCUT2D eigenvalue weighted by Gasteiger charge is 2.10. The van der Waals surface area contributed by atoms with Gasteiger partial charge in [-0.25, -0.2) is 0 Å². The van der Waals surface area contributed by atoms with Gasteiger partial charge in [0.05, 0.1) is 0 Å². The van der Waals surface area contributed by atoms with Crippen molar-refractivity contribution < 1.29 is 4.79 Å². The first kappa shape index (κ1) is 9.57. The smallest absolute Gasteiger partial charge is 0.269 e. The van der Waals surface area contributed by atoms with Gasteiger partial charge in [0.2, 0.25) is 0 Å². The lowest BCUT2D eigenvalue weighted by molar-refractivity contribution is 0.0944. The molecule has 0 fully saturated rings. The van der Waals surface area contributed by atoms with E-state index in [-0.39, 0.29) is 5.91 Å². The Morgan fingerprint density at radius 2 is 2.46 bits per heavy atom. The van der Waals surface area contributed by atoms with Crippen LogP contribution in [-0.4, -0.2) is 22.2 Å². The van der Waals surface area contributed by atoms with E-state index in [0.717, 1.165) is 6.42 Å². The van der Waals surface area contributed by atoms with Crippen molar-refractivity contribution in [3.8, 4) is 0 Å². The summed E-state index contributed by atoms with van der Waals surface area (Å²) in [4.78, 5) is 11.4. The number of aryl methyl sites for hydroxylation is 1. The number of anilines is 1. The Balaban J connectivity index is 2.70. The molecule has 0 saturated carbocycles. The van der Waals surface area contributed by atoms with Gasteiger partial charge in [-0.15, -0.1) is 0 Å². The van der Waals surface area contributed by atoms with E-state index in [4.69, 9.17) is 5.73 Å². The number of aromatic nitrogens is 2. The molecule has 1 aromatic heterocycles. The molecule has 5 heteroatoms. The highest BCUT2D eigenvalue weighted by atomic mass is 16.2. The molecule has 0 aliphatic carbocycles. The average Bonchev–Trinajstić information content (AvgIpc) is 2.41. The number of carbonyl (C=O) groups is 1. The number of nitrogens with two attached hydrogens (primary N) is 1. The van der Waals surface area contributed by atoms with Crippen LogP contribution in [0, 0.1) is 0 Å². The molecule has 0 radical (unpaired) electrons. The Labute approximate surface area is 76.9 Å². The molecule has 0 aromatic carbocycles. The summed E-state index contributed by atoms with van der Waals surface area (Å²) in [6.45, 7) is 2.67. The average molecular weight is 182 g/mol. The quantitative estimate of drug-likeness (QED) is 0.698. The molecule has 0 aliphatic rings. The van der Waals surface area contributed by atoms with Gasteiger partial charge in [0, 0.05) is 19.7 Å². The van der Waals surface area contributed by atoms with E-state index in [0.29, 0.717) is 18.1 Å². The van der Waals surface area contributed by atoms with E-state index in [1.165, 1.54) is 4.68 Å². The number of amides is 1. The molecule has 1 aromatic rings. The molecule has 0 aliphatic heterocycles. The number of hydrogen-bond acceptors (Lipinski definition) is 3. The van der Waals surface area contributed by atoms with E-state index in [1.807, 2.05) is 6.92 Å². The molecule has 5 nitrogen and oxygen atoms in total. The second-order valence-electron chi connectivity index (χ2n) is 2.83. The normalized spacial score (nSPS) is 10.0. The van der Waals surface area contributed by atoms with Crippen molar-refractivity contribution in [1.29, 1.82) is 0 Å². The van der Waals surface area contributed by atoms with Crippen LogP contribution in [0.2, 0.25) is 0 Å².